The number of rotatable bonds is 7. The summed E-state index contributed by atoms with van der Waals surface area (Å²) in [6.45, 7) is 4.67. The smallest absolute Gasteiger partial charge is 0.255 e. The van der Waals surface area contributed by atoms with Gasteiger partial charge in [-0.15, -0.1) is 0 Å². The van der Waals surface area contributed by atoms with Crippen molar-refractivity contribution in [2.75, 3.05) is 18.5 Å². The fourth-order valence-corrected chi connectivity index (χ4v) is 5.73. The fraction of sp³-hybridized carbons (Fsp3) is 0.333. The third-order valence-electron chi connectivity index (χ3n) is 7.75. The first kappa shape index (κ1) is 26.7. The predicted octanol–water partition coefficient (Wildman–Crippen LogP) is 7.98. The Kier molecular flexibility index (Phi) is 7.82. The highest BCUT2D eigenvalue weighted by Gasteiger charge is 2.28. The minimum atomic E-state index is -0.266. The molecule has 5 nitrogen and oxygen atoms in total. The van der Waals surface area contributed by atoms with Gasteiger partial charge in [0.2, 0.25) is 5.91 Å². The largest absolute Gasteiger partial charge is 0.455 e. The van der Waals surface area contributed by atoms with E-state index in [-0.39, 0.29) is 24.1 Å². The monoisotopic (exact) mass is 526 g/mol. The van der Waals surface area contributed by atoms with Crippen molar-refractivity contribution in [2.24, 2.45) is 5.92 Å². The van der Waals surface area contributed by atoms with E-state index in [1.54, 1.807) is 13.1 Å². The van der Waals surface area contributed by atoms with Crippen molar-refractivity contribution in [3.8, 4) is 11.1 Å². The van der Waals surface area contributed by atoms with Crippen LogP contribution < -0.4 is 10.2 Å². The summed E-state index contributed by atoms with van der Waals surface area (Å²) in [6.07, 6.45) is 9.54. The summed E-state index contributed by atoms with van der Waals surface area (Å²) in [5.74, 6) is 0.412. The first-order valence-corrected chi connectivity index (χ1v) is 13.8. The van der Waals surface area contributed by atoms with Gasteiger partial charge in [-0.25, -0.2) is 4.39 Å². The average Bonchev–Trinajstić information content (AvgIpc) is 3.33. The lowest BCUT2D eigenvalue weighted by Crippen LogP contribution is -2.36. The van der Waals surface area contributed by atoms with Crippen LogP contribution in [-0.2, 0) is 4.79 Å². The van der Waals surface area contributed by atoms with Gasteiger partial charge in [0.15, 0.2) is 0 Å². The van der Waals surface area contributed by atoms with Crippen LogP contribution in [0, 0.1) is 5.92 Å². The molecule has 1 aromatic heterocycles. The van der Waals surface area contributed by atoms with Gasteiger partial charge in [0, 0.05) is 43.5 Å². The molecule has 2 aliphatic carbocycles. The van der Waals surface area contributed by atoms with Gasteiger partial charge in [0.1, 0.15) is 17.2 Å². The van der Waals surface area contributed by atoms with Gasteiger partial charge in [-0.05, 0) is 61.8 Å². The van der Waals surface area contributed by atoms with E-state index >= 15 is 0 Å². The fourth-order valence-electron chi connectivity index (χ4n) is 5.73. The zero-order valence-electron chi connectivity index (χ0n) is 22.9. The van der Waals surface area contributed by atoms with E-state index in [9.17, 15) is 14.0 Å². The summed E-state index contributed by atoms with van der Waals surface area (Å²) in [5.41, 5.74) is 5.71. The molecule has 39 heavy (non-hydrogen) atoms. The number of carbonyl (C=O) groups is 2. The molecule has 2 aliphatic rings. The first-order chi connectivity index (χ1) is 18.9. The quantitative estimate of drug-likeness (QED) is 0.318. The summed E-state index contributed by atoms with van der Waals surface area (Å²) in [5, 5.41) is 3.41. The molecule has 6 heteroatoms. The van der Waals surface area contributed by atoms with Crippen LogP contribution in [0.1, 0.15) is 68.5 Å². The molecule has 1 unspecified atom stereocenters. The molecular weight excluding hydrogens is 491 g/mol. The number of amides is 2. The van der Waals surface area contributed by atoms with Crippen LogP contribution in [0.4, 0.5) is 10.1 Å². The molecular formula is C33H35FN2O3. The van der Waals surface area contributed by atoms with Gasteiger partial charge in [0.25, 0.3) is 5.91 Å². The highest BCUT2D eigenvalue weighted by molar-refractivity contribution is 6.12. The lowest BCUT2D eigenvalue weighted by molar-refractivity contribution is -0.118. The average molecular weight is 527 g/mol. The number of fused-ring (bicyclic) bond motifs is 1. The minimum Gasteiger partial charge on any atom is -0.455 e. The summed E-state index contributed by atoms with van der Waals surface area (Å²) in [6, 6.07) is 13.8. The van der Waals surface area contributed by atoms with Gasteiger partial charge in [-0.3, -0.25) is 9.59 Å². The summed E-state index contributed by atoms with van der Waals surface area (Å²) >= 11 is 0. The molecule has 1 N–H and O–H groups in total. The summed E-state index contributed by atoms with van der Waals surface area (Å²) in [7, 11) is 1.59. The molecule has 0 saturated carbocycles. The van der Waals surface area contributed by atoms with Gasteiger partial charge >= 0.3 is 0 Å². The number of halogens is 1. The molecule has 3 aromatic rings. The molecule has 0 spiro atoms. The Labute approximate surface area is 229 Å². The zero-order chi connectivity index (χ0) is 27.5. The van der Waals surface area contributed by atoms with Crippen molar-refractivity contribution in [2.45, 2.75) is 52.4 Å². The lowest BCUT2D eigenvalue weighted by atomic mass is 9.88. The van der Waals surface area contributed by atoms with Gasteiger partial charge in [-0.1, -0.05) is 55.0 Å². The Balaban J connectivity index is 1.72. The summed E-state index contributed by atoms with van der Waals surface area (Å²) in [4.78, 5) is 28.5. The molecule has 1 heterocycles. The second kappa shape index (κ2) is 11.4. The maximum Gasteiger partial charge on any atom is 0.255 e. The summed E-state index contributed by atoms with van der Waals surface area (Å²) < 4.78 is 20.1. The van der Waals surface area contributed by atoms with E-state index in [4.69, 9.17) is 4.42 Å². The number of nitrogens with one attached hydrogen (secondary N) is 1. The molecule has 0 fully saturated rings. The van der Waals surface area contributed by atoms with Crippen molar-refractivity contribution in [3.05, 3.63) is 83.4 Å². The number of carbonyl (C=O) groups excluding carboxylic acids is 2. The highest BCUT2D eigenvalue weighted by Crippen LogP contribution is 2.42. The second-order valence-corrected chi connectivity index (χ2v) is 10.5. The van der Waals surface area contributed by atoms with Crippen molar-refractivity contribution in [1.29, 1.82) is 0 Å². The Morgan fingerprint density at radius 1 is 1.13 bits per heavy atom. The van der Waals surface area contributed by atoms with Crippen LogP contribution in [0.5, 0.6) is 0 Å². The zero-order valence-corrected chi connectivity index (χ0v) is 22.9. The normalized spacial score (nSPS) is 17.3. The van der Waals surface area contributed by atoms with Crippen LogP contribution in [0.25, 0.3) is 27.7 Å². The third kappa shape index (κ3) is 5.47. The van der Waals surface area contributed by atoms with E-state index in [0.717, 1.165) is 41.6 Å². The SMILES string of the molecule is CCC(=O)N(CC1CCC=C(C)C1)c1cc2oc(C3=CC=C(F)CC3)c(C(=O)NC)c2cc1-c1ccccc1. The van der Waals surface area contributed by atoms with E-state index in [0.29, 0.717) is 47.6 Å². The molecule has 5 rings (SSSR count). The molecule has 0 bridgehead atoms. The number of anilines is 1. The number of benzene rings is 2. The Bertz CT molecular complexity index is 1500. The van der Waals surface area contributed by atoms with Gasteiger partial charge in [-0.2, -0.15) is 0 Å². The predicted molar refractivity (Wildman–Crippen MR) is 155 cm³/mol. The molecule has 202 valence electrons. The second-order valence-electron chi connectivity index (χ2n) is 10.5. The van der Waals surface area contributed by atoms with E-state index in [1.165, 1.54) is 11.6 Å². The van der Waals surface area contributed by atoms with E-state index in [2.05, 4.69) is 18.3 Å². The standard InChI is InChI=1S/C33H35FN2O3/c1-4-30(37)36(20-22-10-8-9-21(2)17-22)28-19-29-27(18-26(28)23-11-6-5-7-12-23)31(33(38)35-3)32(39-29)24-13-15-25(34)16-14-24/h5-7,9,11-13,15,18-19,22H,4,8,10,14,16-17,20H2,1-3H3,(H,35,38). The van der Waals surface area contributed by atoms with Crippen LogP contribution in [0.3, 0.4) is 0 Å². The number of allylic oxidation sites excluding steroid dienone is 6. The molecule has 0 saturated heterocycles. The van der Waals surface area contributed by atoms with Crippen molar-refractivity contribution >= 4 is 34.0 Å². The molecule has 1 atom stereocenters. The number of hydrogen-bond donors (Lipinski definition) is 1. The molecule has 2 aromatic carbocycles. The topological polar surface area (TPSA) is 62.6 Å². The van der Waals surface area contributed by atoms with Crippen molar-refractivity contribution in [3.63, 3.8) is 0 Å². The van der Waals surface area contributed by atoms with E-state index in [1.807, 2.05) is 54.3 Å². The first-order valence-electron chi connectivity index (χ1n) is 13.8. The maximum absolute atomic E-state index is 13.8. The van der Waals surface area contributed by atoms with Gasteiger partial charge < -0.3 is 14.6 Å². The Hall–Kier alpha value is -3.93. The molecule has 0 aliphatic heterocycles. The van der Waals surface area contributed by atoms with E-state index < -0.39 is 0 Å². The van der Waals surface area contributed by atoms with Crippen LogP contribution in [0.15, 0.2) is 76.5 Å². The minimum absolute atomic E-state index is 0.0487. The maximum atomic E-state index is 13.8. The number of hydrogen-bond acceptors (Lipinski definition) is 3. The van der Waals surface area contributed by atoms with Gasteiger partial charge in [0.05, 0.1) is 11.3 Å². The third-order valence-corrected chi connectivity index (χ3v) is 7.75. The van der Waals surface area contributed by atoms with Crippen molar-refractivity contribution in [1.82, 2.24) is 5.32 Å². The number of nitrogens with zero attached hydrogens (tertiary/aromatic N) is 1. The highest BCUT2D eigenvalue weighted by atomic mass is 19.1. The Morgan fingerprint density at radius 2 is 1.92 bits per heavy atom. The molecule has 2 amide bonds. The number of furan rings is 1. The Morgan fingerprint density at radius 3 is 2.59 bits per heavy atom. The lowest BCUT2D eigenvalue weighted by Gasteiger charge is -2.31. The van der Waals surface area contributed by atoms with Crippen LogP contribution >= 0.6 is 0 Å². The van der Waals surface area contributed by atoms with Crippen LogP contribution in [-0.4, -0.2) is 25.4 Å². The van der Waals surface area contributed by atoms with Crippen molar-refractivity contribution < 1.29 is 18.4 Å². The molecule has 0 radical (unpaired) electrons. The van der Waals surface area contributed by atoms with Crippen LogP contribution in [0.2, 0.25) is 0 Å².